The maximum Gasteiger partial charge on any atom is 0.191 e. The fourth-order valence-electron chi connectivity index (χ4n) is 3.23. The van der Waals surface area contributed by atoms with Crippen LogP contribution in [0.25, 0.3) is 0 Å². The van der Waals surface area contributed by atoms with Gasteiger partial charge in [-0.25, -0.2) is 0 Å². The summed E-state index contributed by atoms with van der Waals surface area (Å²) >= 11 is 6.95. The first-order chi connectivity index (χ1) is 15.2. The van der Waals surface area contributed by atoms with Crippen molar-refractivity contribution in [2.75, 3.05) is 12.4 Å². The van der Waals surface area contributed by atoms with Crippen LogP contribution in [0.15, 0.2) is 82.9 Å². The van der Waals surface area contributed by atoms with E-state index in [4.69, 9.17) is 21.9 Å². The van der Waals surface area contributed by atoms with Crippen LogP contribution in [0, 0.1) is 0 Å². The summed E-state index contributed by atoms with van der Waals surface area (Å²) in [6.07, 6.45) is 10.1. The molecular weight excluding hydrogens is 426 g/mol. The number of hydrogen-bond donors (Lipinski definition) is 3. The Morgan fingerprint density at radius 1 is 1.23 bits per heavy atom. The van der Waals surface area contributed by atoms with Gasteiger partial charge in [-0.3, -0.25) is 10.4 Å². The van der Waals surface area contributed by atoms with E-state index in [9.17, 15) is 0 Å². The molecule has 8 heteroatoms. The summed E-state index contributed by atoms with van der Waals surface area (Å²) in [6.45, 7) is 0. The summed E-state index contributed by atoms with van der Waals surface area (Å²) in [5.41, 5.74) is 5.78. The maximum atomic E-state index is 5.53. The third-order valence-corrected chi connectivity index (χ3v) is 5.89. The lowest BCUT2D eigenvalue weighted by atomic mass is 10.1. The smallest absolute Gasteiger partial charge is 0.191 e. The zero-order chi connectivity index (χ0) is 21.5. The Hall–Kier alpha value is -3.10. The van der Waals surface area contributed by atoms with Gasteiger partial charge < -0.3 is 15.4 Å². The molecule has 2 aromatic rings. The lowest BCUT2D eigenvalue weighted by Crippen LogP contribution is -2.31. The van der Waals surface area contributed by atoms with Gasteiger partial charge in [0.05, 0.1) is 25.4 Å². The molecule has 2 atom stereocenters. The molecule has 2 unspecified atom stereocenters. The first kappa shape index (κ1) is 21.1. The quantitative estimate of drug-likeness (QED) is 0.351. The van der Waals surface area contributed by atoms with Crippen LogP contribution < -0.4 is 20.8 Å². The fourth-order valence-corrected chi connectivity index (χ4v) is 4.33. The van der Waals surface area contributed by atoms with Gasteiger partial charge in [-0.05, 0) is 48.1 Å². The first-order valence-electron chi connectivity index (χ1n) is 9.85. The average Bonchev–Trinajstić information content (AvgIpc) is 3.21. The minimum absolute atomic E-state index is 0.187. The Morgan fingerprint density at radius 3 is 2.87 bits per heavy atom. The Morgan fingerprint density at radius 2 is 2.06 bits per heavy atom. The van der Waals surface area contributed by atoms with Gasteiger partial charge in [-0.2, -0.15) is 5.10 Å². The molecule has 0 saturated carbocycles. The van der Waals surface area contributed by atoms with Crippen molar-refractivity contribution in [3.63, 3.8) is 0 Å². The molecule has 2 aromatic carbocycles. The highest BCUT2D eigenvalue weighted by Crippen LogP contribution is 2.27. The molecule has 1 aliphatic heterocycles. The summed E-state index contributed by atoms with van der Waals surface area (Å²) < 4.78 is 5.53. The molecule has 0 spiro atoms. The number of allylic oxidation sites excluding steroid dienone is 2. The molecule has 3 N–H and O–H groups in total. The standard InChI is InChI=1S/C23H23N5OS2/c1-29-21-12-11-16(14-24-28-22(30)25-18-7-3-2-4-8-18)13-17(21)15-31-23-26-19-9-5-6-10-20(19)27-23/h2-14,19-20H,15H2,1H3,(H,26,27)(H2,25,28,30). The van der Waals surface area contributed by atoms with Crippen molar-refractivity contribution in [2.24, 2.45) is 10.1 Å². The molecule has 1 heterocycles. The molecule has 6 nitrogen and oxygen atoms in total. The molecule has 1 aliphatic carbocycles. The van der Waals surface area contributed by atoms with Crippen molar-refractivity contribution in [3.8, 4) is 5.75 Å². The number of thioether (sulfide) groups is 1. The minimum Gasteiger partial charge on any atom is -0.496 e. The highest BCUT2D eigenvalue weighted by Gasteiger charge is 2.25. The molecular formula is C23H23N5OS2. The number of thiocarbonyl (C=S) groups is 1. The predicted molar refractivity (Wildman–Crippen MR) is 134 cm³/mol. The zero-order valence-corrected chi connectivity index (χ0v) is 18.6. The number of fused-ring (bicyclic) bond motifs is 1. The zero-order valence-electron chi connectivity index (χ0n) is 17.0. The largest absolute Gasteiger partial charge is 0.496 e. The minimum atomic E-state index is 0.187. The predicted octanol–water partition coefficient (Wildman–Crippen LogP) is 4.07. The van der Waals surface area contributed by atoms with Gasteiger partial charge in [-0.1, -0.05) is 54.3 Å². The van der Waals surface area contributed by atoms with E-state index in [-0.39, 0.29) is 12.1 Å². The van der Waals surface area contributed by atoms with Crippen LogP contribution in [-0.4, -0.2) is 35.7 Å². The summed E-state index contributed by atoms with van der Waals surface area (Å²) in [4.78, 5) is 4.74. The lowest BCUT2D eigenvalue weighted by Gasteiger charge is -2.13. The molecule has 0 fully saturated rings. The van der Waals surface area contributed by atoms with Gasteiger partial charge in [0.1, 0.15) is 5.75 Å². The number of para-hydroxylation sites is 1. The molecule has 158 valence electrons. The van der Waals surface area contributed by atoms with E-state index < -0.39 is 0 Å². The number of aliphatic imine (C=N–C) groups is 1. The topological polar surface area (TPSA) is 70.0 Å². The molecule has 0 amide bonds. The number of amidine groups is 1. The SMILES string of the molecule is COc1ccc(C=NNC(=S)Nc2ccccc2)cc1CSC1=NC2C=CC=CC2N1. The Bertz CT molecular complexity index is 1050. The summed E-state index contributed by atoms with van der Waals surface area (Å²) in [7, 11) is 1.68. The molecule has 4 rings (SSSR count). The van der Waals surface area contributed by atoms with Crippen molar-refractivity contribution in [2.45, 2.75) is 17.8 Å². The van der Waals surface area contributed by atoms with Gasteiger partial charge in [0, 0.05) is 17.0 Å². The van der Waals surface area contributed by atoms with Crippen LogP contribution in [0.2, 0.25) is 0 Å². The normalized spacial score (nSPS) is 18.9. The third-order valence-electron chi connectivity index (χ3n) is 4.74. The van der Waals surface area contributed by atoms with Gasteiger partial charge in [0.2, 0.25) is 0 Å². The van der Waals surface area contributed by atoms with Crippen LogP contribution in [0.1, 0.15) is 11.1 Å². The molecule has 0 bridgehead atoms. The maximum absolute atomic E-state index is 5.53. The molecule has 0 aromatic heterocycles. The number of anilines is 1. The number of nitrogens with zero attached hydrogens (tertiary/aromatic N) is 2. The monoisotopic (exact) mass is 449 g/mol. The van der Waals surface area contributed by atoms with E-state index in [1.165, 1.54) is 0 Å². The molecule has 31 heavy (non-hydrogen) atoms. The van der Waals surface area contributed by atoms with Crippen molar-refractivity contribution in [3.05, 3.63) is 84.0 Å². The van der Waals surface area contributed by atoms with Crippen LogP contribution >= 0.6 is 24.0 Å². The molecule has 2 aliphatic rings. The summed E-state index contributed by atoms with van der Waals surface area (Å²) in [6, 6.07) is 16.1. The fraction of sp³-hybridized carbons (Fsp3) is 0.174. The second-order valence-corrected chi connectivity index (χ2v) is 8.29. The first-order valence-corrected chi connectivity index (χ1v) is 11.2. The van der Waals surface area contributed by atoms with Crippen molar-refractivity contribution < 1.29 is 4.74 Å². The van der Waals surface area contributed by atoms with Gasteiger partial charge >= 0.3 is 0 Å². The van der Waals surface area contributed by atoms with Crippen molar-refractivity contribution in [1.29, 1.82) is 0 Å². The van der Waals surface area contributed by atoms with E-state index in [1.54, 1.807) is 25.1 Å². The van der Waals surface area contributed by atoms with Crippen molar-refractivity contribution in [1.82, 2.24) is 10.7 Å². The van der Waals surface area contributed by atoms with Gasteiger partial charge in [0.25, 0.3) is 0 Å². The highest BCUT2D eigenvalue weighted by molar-refractivity contribution is 8.13. The van der Waals surface area contributed by atoms with Gasteiger partial charge in [-0.15, -0.1) is 0 Å². The van der Waals surface area contributed by atoms with Crippen LogP contribution in [-0.2, 0) is 5.75 Å². The summed E-state index contributed by atoms with van der Waals surface area (Å²) in [5, 5.41) is 12.2. The number of nitrogens with one attached hydrogen (secondary N) is 3. The van der Waals surface area contributed by atoms with E-state index in [1.807, 2.05) is 48.5 Å². The van der Waals surface area contributed by atoms with Crippen LogP contribution in [0.5, 0.6) is 5.75 Å². The number of hydrogen-bond acceptors (Lipinski definition) is 6. The average molecular weight is 450 g/mol. The number of rotatable bonds is 6. The highest BCUT2D eigenvalue weighted by atomic mass is 32.2. The van der Waals surface area contributed by atoms with Crippen molar-refractivity contribution >= 4 is 46.2 Å². The Labute approximate surface area is 191 Å². The third kappa shape index (κ3) is 5.74. The summed E-state index contributed by atoms with van der Waals surface area (Å²) in [5.74, 6) is 1.58. The van der Waals surface area contributed by atoms with Crippen LogP contribution in [0.3, 0.4) is 0 Å². The second-order valence-electron chi connectivity index (χ2n) is 6.91. The van der Waals surface area contributed by atoms with E-state index >= 15 is 0 Å². The number of ether oxygens (including phenoxy) is 1. The lowest BCUT2D eigenvalue weighted by molar-refractivity contribution is 0.411. The van der Waals surface area contributed by atoms with E-state index in [0.29, 0.717) is 5.11 Å². The second kappa shape index (κ2) is 10.3. The van der Waals surface area contributed by atoms with E-state index in [2.05, 4.69) is 45.5 Å². The Kier molecular flexibility index (Phi) is 7.01. The molecule has 0 radical (unpaired) electrons. The van der Waals surface area contributed by atoms with Crippen LogP contribution in [0.4, 0.5) is 5.69 Å². The Balaban J connectivity index is 1.34. The van der Waals surface area contributed by atoms with E-state index in [0.717, 1.165) is 33.5 Å². The van der Waals surface area contributed by atoms with Gasteiger partial charge in [0.15, 0.2) is 10.3 Å². The number of benzene rings is 2. The number of methoxy groups -OCH3 is 1. The molecule has 0 saturated heterocycles. The number of hydrazone groups is 1.